The molecule has 0 amide bonds. The maximum Gasteiger partial charge on any atom is 0.534 e. The molecule has 0 radical (unpaired) electrons. The van der Waals surface area contributed by atoms with E-state index in [-0.39, 0.29) is 5.69 Å². The number of alkyl halides is 3. The van der Waals surface area contributed by atoms with Crippen LogP contribution in [0.4, 0.5) is 18.9 Å². The molecule has 2 aromatic carbocycles. The van der Waals surface area contributed by atoms with E-state index in [4.69, 9.17) is 5.73 Å². The second-order valence-electron chi connectivity index (χ2n) is 4.10. The van der Waals surface area contributed by atoms with Gasteiger partial charge in [-0.05, 0) is 23.8 Å². The molecule has 0 saturated carbocycles. The van der Waals surface area contributed by atoms with Gasteiger partial charge in [-0.2, -0.15) is 21.6 Å². The first-order valence-corrected chi connectivity index (χ1v) is 7.07. The van der Waals surface area contributed by atoms with Crippen LogP contribution in [0.1, 0.15) is 0 Å². The highest BCUT2D eigenvalue weighted by molar-refractivity contribution is 7.88. The molecule has 0 bridgehead atoms. The number of rotatable bonds is 3. The molecule has 8 heteroatoms. The topological polar surface area (TPSA) is 69.4 Å². The third kappa shape index (κ3) is 3.27. The van der Waals surface area contributed by atoms with Gasteiger partial charge in [-0.3, -0.25) is 0 Å². The highest BCUT2D eigenvalue weighted by Gasteiger charge is 2.48. The molecule has 0 saturated heterocycles. The highest BCUT2D eigenvalue weighted by Crippen LogP contribution is 2.32. The van der Waals surface area contributed by atoms with Crippen LogP contribution < -0.4 is 9.92 Å². The van der Waals surface area contributed by atoms with Crippen molar-refractivity contribution >= 4 is 15.8 Å². The minimum absolute atomic E-state index is 0.290. The summed E-state index contributed by atoms with van der Waals surface area (Å²) in [6.45, 7) is 0. The van der Waals surface area contributed by atoms with Crippen molar-refractivity contribution in [2.45, 2.75) is 5.51 Å². The predicted octanol–water partition coefficient (Wildman–Crippen LogP) is 3.16. The molecule has 21 heavy (non-hydrogen) atoms. The van der Waals surface area contributed by atoms with Crippen LogP contribution in [-0.2, 0) is 10.1 Å². The fourth-order valence-electron chi connectivity index (χ4n) is 1.63. The summed E-state index contributed by atoms with van der Waals surface area (Å²) < 4.78 is 62.9. The molecule has 2 aromatic rings. The van der Waals surface area contributed by atoms with Crippen LogP contribution in [0, 0.1) is 0 Å². The molecule has 0 fully saturated rings. The first kappa shape index (κ1) is 15.2. The lowest BCUT2D eigenvalue weighted by Crippen LogP contribution is -2.28. The fourth-order valence-corrected chi connectivity index (χ4v) is 2.08. The van der Waals surface area contributed by atoms with Crippen molar-refractivity contribution in [3.05, 3.63) is 48.5 Å². The monoisotopic (exact) mass is 317 g/mol. The summed E-state index contributed by atoms with van der Waals surface area (Å²) in [5.74, 6) is -0.458. The second-order valence-corrected chi connectivity index (χ2v) is 5.64. The van der Waals surface area contributed by atoms with E-state index in [0.717, 1.165) is 12.1 Å². The maximum absolute atomic E-state index is 12.3. The van der Waals surface area contributed by atoms with E-state index >= 15 is 0 Å². The molecular weight excluding hydrogens is 307 g/mol. The number of benzene rings is 2. The number of anilines is 1. The molecule has 112 valence electrons. The van der Waals surface area contributed by atoms with Crippen molar-refractivity contribution in [3.8, 4) is 16.9 Å². The van der Waals surface area contributed by atoms with Crippen LogP contribution in [0.5, 0.6) is 5.75 Å². The molecule has 0 aliphatic heterocycles. The summed E-state index contributed by atoms with van der Waals surface area (Å²) in [6.07, 6.45) is 0. The number of nitrogens with two attached hydrogens (primary N) is 1. The van der Waals surface area contributed by atoms with Gasteiger partial charge in [0.2, 0.25) is 0 Å². The van der Waals surface area contributed by atoms with Crippen LogP contribution in [0.2, 0.25) is 0 Å². The Morgan fingerprint density at radius 2 is 1.62 bits per heavy atom. The Labute approximate surface area is 119 Å². The molecule has 2 N–H and O–H groups in total. The average Bonchev–Trinajstić information content (AvgIpc) is 2.40. The Balaban J connectivity index is 2.41. The van der Waals surface area contributed by atoms with Gasteiger partial charge >= 0.3 is 15.6 Å². The molecule has 4 nitrogen and oxygen atoms in total. The number of hydrogen-bond donors (Lipinski definition) is 1. The Morgan fingerprint density at radius 1 is 1.00 bits per heavy atom. The van der Waals surface area contributed by atoms with Crippen molar-refractivity contribution in [1.29, 1.82) is 0 Å². The van der Waals surface area contributed by atoms with Gasteiger partial charge in [0.15, 0.2) is 0 Å². The minimum Gasteiger partial charge on any atom is -0.398 e. The molecule has 2 rings (SSSR count). The lowest BCUT2D eigenvalue weighted by Gasteiger charge is -2.12. The number of halogens is 3. The first-order valence-electron chi connectivity index (χ1n) is 5.66. The molecule has 0 unspecified atom stereocenters. The lowest BCUT2D eigenvalue weighted by molar-refractivity contribution is -0.0500. The number of hydrogen-bond acceptors (Lipinski definition) is 4. The van der Waals surface area contributed by atoms with E-state index in [9.17, 15) is 21.6 Å². The molecule has 0 spiro atoms. The van der Waals surface area contributed by atoms with Crippen molar-refractivity contribution in [2.24, 2.45) is 0 Å². The second kappa shape index (κ2) is 5.28. The zero-order valence-electron chi connectivity index (χ0n) is 10.5. The van der Waals surface area contributed by atoms with E-state index in [1.165, 1.54) is 6.07 Å². The summed E-state index contributed by atoms with van der Waals surface area (Å²) >= 11 is 0. The van der Waals surface area contributed by atoms with Gasteiger partial charge in [0.05, 0.1) is 0 Å². The van der Waals surface area contributed by atoms with Crippen LogP contribution in [-0.4, -0.2) is 13.9 Å². The summed E-state index contributed by atoms with van der Waals surface area (Å²) in [5.41, 5.74) is 1.56. The quantitative estimate of drug-likeness (QED) is 0.536. The normalized spacial score (nSPS) is 12.1. The van der Waals surface area contributed by atoms with Gasteiger partial charge in [-0.1, -0.05) is 30.3 Å². The molecule has 0 heterocycles. The maximum atomic E-state index is 12.3. The minimum atomic E-state index is -5.70. The van der Waals surface area contributed by atoms with Crippen LogP contribution >= 0.6 is 0 Å². The Hall–Kier alpha value is -2.22. The van der Waals surface area contributed by atoms with Gasteiger partial charge in [-0.15, -0.1) is 0 Å². The highest BCUT2D eigenvalue weighted by atomic mass is 32.2. The van der Waals surface area contributed by atoms with Crippen molar-refractivity contribution in [1.82, 2.24) is 0 Å². The Kier molecular flexibility index (Phi) is 3.82. The largest absolute Gasteiger partial charge is 0.534 e. The zero-order valence-corrected chi connectivity index (χ0v) is 11.3. The average molecular weight is 317 g/mol. The van der Waals surface area contributed by atoms with E-state index in [0.29, 0.717) is 11.1 Å². The molecule has 0 aromatic heterocycles. The van der Waals surface area contributed by atoms with Gasteiger partial charge in [0.25, 0.3) is 0 Å². The summed E-state index contributed by atoms with van der Waals surface area (Å²) in [5, 5.41) is 0. The Morgan fingerprint density at radius 3 is 2.19 bits per heavy atom. The van der Waals surface area contributed by atoms with Crippen molar-refractivity contribution in [3.63, 3.8) is 0 Å². The standard InChI is InChI=1S/C13H10F3NO3S/c14-13(15,16)21(18,19)20-10-6-7-12(17)11(8-10)9-4-2-1-3-5-9/h1-8H,17H2. The van der Waals surface area contributed by atoms with Gasteiger partial charge < -0.3 is 9.92 Å². The van der Waals surface area contributed by atoms with Crippen LogP contribution in [0.15, 0.2) is 48.5 Å². The molecule has 0 atom stereocenters. The van der Waals surface area contributed by atoms with Gasteiger partial charge in [-0.25, -0.2) is 0 Å². The summed E-state index contributed by atoms with van der Waals surface area (Å²) in [6, 6.07) is 12.1. The third-order valence-electron chi connectivity index (χ3n) is 2.60. The molecule has 0 aliphatic carbocycles. The van der Waals surface area contributed by atoms with Gasteiger partial charge in [0.1, 0.15) is 5.75 Å². The SMILES string of the molecule is Nc1ccc(OS(=O)(=O)C(F)(F)F)cc1-c1ccccc1. The van der Waals surface area contributed by atoms with E-state index < -0.39 is 21.4 Å². The fraction of sp³-hybridized carbons (Fsp3) is 0.0769. The zero-order chi connectivity index (χ0) is 15.7. The smallest absolute Gasteiger partial charge is 0.398 e. The van der Waals surface area contributed by atoms with E-state index in [2.05, 4.69) is 4.18 Å². The summed E-state index contributed by atoms with van der Waals surface area (Å²) in [4.78, 5) is 0. The molecule has 0 aliphatic rings. The third-order valence-corrected chi connectivity index (χ3v) is 3.58. The number of nitrogen functional groups attached to an aromatic ring is 1. The molecular formula is C13H10F3NO3S. The van der Waals surface area contributed by atoms with Crippen molar-refractivity contribution < 1.29 is 25.8 Å². The van der Waals surface area contributed by atoms with Crippen molar-refractivity contribution in [2.75, 3.05) is 5.73 Å². The predicted molar refractivity (Wildman–Crippen MR) is 71.9 cm³/mol. The van der Waals surface area contributed by atoms with E-state index in [1.807, 2.05) is 0 Å². The summed E-state index contributed by atoms with van der Waals surface area (Å²) in [7, 11) is -5.70. The lowest BCUT2D eigenvalue weighted by atomic mass is 10.0. The Bertz CT molecular complexity index is 743. The first-order chi connectivity index (χ1) is 9.71. The van der Waals surface area contributed by atoms with Crippen LogP contribution in [0.3, 0.4) is 0 Å². The van der Waals surface area contributed by atoms with Crippen LogP contribution in [0.25, 0.3) is 11.1 Å². The van der Waals surface area contributed by atoms with E-state index in [1.54, 1.807) is 30.3 Å². The van der Waals surface area contributed by atoms with Gasteiger partial charge in [0, 0.05) is 11.3 Å².